The molecule has 2 aromatic carbocycles. The number of amides is 1. The number of nitrogens with zero attached hydrogens (tertiary/aromatic N) is 1. The van der Waals surface area contributed by atoms with Crippen LogP contribution in [0.2, 0.25) is 0 Å². The Balaban J connectivity index is 1.73. The molecule has 0 aliphatic heterocycles. The molecule has 30 heavy (non-hydrogen) atoms. The van der Waals surface area contributed by atoms with Gasteiger partial charge in [0.15, 0.2) is 0 Å². The molecule has 3 rings (SSSR count). The van der Waals surface area contributed by atoms with Crippen molar-refractivity contribution < 1.29 is 13.9 Å². The number of ether oxygens (including phenoxy) is 1. The number of benzene rings is 2. The lowest BCUT2D eigenvalue weighted by molar-refractivity contribution is -0.117. The first kappa shape index (κ1) is 20.7. The molecule has 0 spiro atoms. The van der Waals surface area contributed by atoms with E-state index in [-0.39, 0.29) is 12.1 Å². The van der Waals surface area contributed by atoms with Crippen molar-refractivity contribution in [3.63, 3.8) is 0 Å². The maximum absolute atomic E-state index is 12.3. The van der Waals surface area contributed by atoms with Crippen LogP contribution in [0.3, 0.4) is 0 Å². The van der Waals surface area contributed by atoms with Gasteiger partial charge in [-0.3, -0.25) is 4.79 Å². The second kappa shape index (κ2) is 10.5. The van der Waals surface area contributed by atoms with Crippen LogP contribution in [0.4, 0.5) is 0 Å². The van der Waals surface area contributed by atoms with Crippen molar-refractivity contribution in [1.29, 1.82) is 5.26 Å². The lowest BCUT2D eigenvalue weighted by Gasteiger charge is -2.12. The van der Waals surface area contributed by atoms with Gasteiger partial charge in [0.1, 0.15) is 29.8 Å². The molecule has 0 aliphatic rings. The fourth-order valence-electron chi connectivity index (χ4n) is 2.87. The van der Waals surface area contributed by atoms with Crippen molar-refractivity contribution in [2.45, 2.75) is 19.6 Å². The molecule has 1 N–H and O–H groups in total. The Morgan fingerprint density at radius 2 is 2.00 bits per heavy atom. The summed E-state index contributed by atoms with van der Waals surface area (Å²) in [7, 11) is 0. The Morgan fingerprint density at radius 3 is 2.70 bits per heavy atom. The van der Waals surface area contributed by atoms with Gasteiger partial charge in [-0.05, 0) is 53.5 Å². The van der Waals surface area contributed by atoms with Gasteiger partial charge in [-0.25, -0.2) is 0 Å². The van der Waals surface area contributed by atoms with Crippen LogP contribution in [0.1, 0.15) is 22.5 Å². The van der Waals surface area contributed by atoms with E-state index in [0.29, 0.717) is 18.8 Å². The maximum atomic E-state index is 12.3. The molecular weight excluding hydrogens is 376 g/mol. The fourth-order valence-corrected chi connectivity index (χ4v) is 2.87. The number of carbonyl (C=O) groups excluding carboxylic acids is 1. The van der Waals surface area contributed by atoms with Gasteiger partial charge in [0.05, 0.1) is 12.8 Å². The van der Waals surface area contributed by atoms with Crippen molar-refractivity contribution in [3.8, 4) is 11.8 Å². The summed E-state index contributed by atoms with van der Waals surface area (Å²) >= 11 is 0. The molecule has 1 heterocycles. The Kier molecular flexibility index (Phi) is 7.23. The molecule has 0 aliphatic carbocycles. The minimum Gasteiger partial charge on any atom is -0.489 e. The van der Waals surface area contributed by atoms with Crippen LogP contribution >= 0.6 is 0 Å². The highest BCUT2D eigenvalue weighted by Crippen LogP contribution is 2.24. The standard InChI is InChI=1S/C25H22N2O3/c1-2-7-21-14-20(11-12-24(21)30-18-19-8-4-3-5-9-19)15-22(16-26)25(28)27-17-23-10-6-13-29-23/h2-6,8-15H,1,7,17-18H2,(H,27,28)/b22-15-. The smallest absolute Gasteiger partial charge is 0.262 e. The lowest BCUT2D eigenvalue weighted by Crippen LogP contribution is -2.23. The molecular formula is C25H22N2O3. The Labute approximate surface area is 175 Å². The molecule has 0 radical (unpaired) electrons. The third-order valence-electron chi connectivity index (χ3n) is 4.37. The average molecular weight is 398 g/mol. The van der Waals surface area contributed by atoms with Crippen LogP contribution in [0, 0.1) is 11.3 Å². The third-order valence-corrected chi connectivity index (χ3v) is 4.37. The van der Waals surface area contributed by atoms with E-state index in [0.717, 1.165) is 22.4 Å². The molecule has 5 heteroatoms. The SMILES string of the molecule is C=CCc1cc(/C=C(/C#N)C(=O)NCc2ccco2)ccc1OCc1ccccc1. The van der Waals surface area contributed by atoms with Crippen LogP contribution in [0.5, 0.6) is 5.75 Å². The number of hydrogen-bond acceptors (Lipinski definition) is 4. The monoisotopic (exact) mass is 398 g/mol. The largest absolute Gasteiger partial charge is 0.489 e. The maximum Gasteiger partial charge on any atom is 0.262 e. The zero-order valence-electron chi connectivity index (χ0n) is 16.5. The van der Waals surface area contributed by atoms with Crippen molar-refractivity contribution in [1.82, 2.24) is 5.32 Å². The summed E-state index contributed by atoms with van der Waals surface area (Å²) in [5.74, 6) is 0.911. The topological polar surface area (TPSA) is 75.3 Å². The number of furan rings is 1. The molecule has 1 aromatic heterocycles. The highest BCUT2D eigenvalue weighted by atomic mass is 16.5. The van der Waals surface area contributed by atoms with Crippen molar-refractivity contribution in [2.24, 2.45) is 0 Å². The average Bonchev–Trinajstić information content (AvgIpc) is 3.30. The van der Waals surface area contributed by atoms with Gasteiger partial charge >= 0.3 is 0 Å². The first-order valence-corrected chi connectivity index (χ1v) is 9.52. The van der Waals surface area contributed by atoms with E-state index in [4.69, 9.17) is 9.15 Å². The fraction of sp³-hybridized carbons (Fsp3) is 0.120. The molecule has 0 atom stereocenters. The van der Waals surface area contributed by atoms with Crippen LogP contribution < -0.4 is 10.1 Å². The molecule has 0 saturated carbocycles. The van der Waals surface area contributed by atoms with Crippen LogP contribution in [-0.4, -0.2) is 5.91 Å². The third kappa shape index (κ3) is 5.73. The summed E-state index contributed by atoms with van der Waals surface area (Å²) in [6.07, 6.45) is 5.49. The zero-order chi connectivity index (χ0) is 21.2. The highest BCUT2D eigenvalue weighted by Gasteiger charge is 2.11. The van der Waals surface area contributed by atoms with Gasteiger partial charge in [-0.2, -0.15) is 5.26 Å². The van der Waals surface area contributed by atoms with Gasteiger partial charge < -0.3 is 14.5 Å². The Hall–Kier alpha value is -4.04. The van der Waals surface area contributed by atoms with Gasteiger partial charge in [0.2, 0.25) is 0 Å². The molecule has 3 aromatic rings. The van der Waals surface area contributed by atoms with E-state index >= 15 is 0 Å². The van der Waals surface area contributed by atoms with E-state index in [9.17, 15) is 10.1 Å². The van der Waals surface area contributed by atoms with Gasteiger partial charge in [0, 0.05) is 0 Å². The normalized spacial score (nSPS) is 10.8. The van der Waals surface area contributed by atoms with Gasteiger partial charge in [-0.15, -0.1) is 6.58 Å². The number of nitriles is 1. The summed E-state index contributed by atoms with van der Waals surface area (Å²) in [6, 6.07) is 20.9. The molecule has 0 unspecified atom stereocenters. The van der Waals surface area contributed by atoms with Crippen LogP contribution in [-0.2, 0) is 24.4 Å². The van der Waals surface area contributed by atoms with E-state index in [1.54, 1.807) is 24.3 Å². The van der Waals surface area contributed by atoms with E-state index < -0.39 is 5.91 Å². The van der Waals surface area contributed by atoms with Crippen LogP contribution in [0.25, 0.3) is 6.08 Å². The first-order chi connectivity index (χ1) is 14.7. The molecule has 0 fully saturated rings. The van der Waals surface area contributed by atoms with Crippen LogP contribution in [0.15, 0.2) is 89.6 Å². The number of nitrogens with one attached hydrogen (secondary N) is 1. The predicted molar refractivity (Wildman–Crippen MR) is 115 cm³/mol. The quantitative estimate of drug-likeness (QED) is 0.319. The number of rotatable bonds is 9. The molecule has 5 nitrogen and oxygen atoms in total. The van der Waals surface area contributed by atoms with Gasteiger partial charge in [0.25, 0.3) is 5.91 Å². The summed E-state index contributed by atoms with van der Waals surface area (Å²) in [5, 5.41) is 12.1. The predicted octanol–water partition coefficient (Wildman–Crippen LogP) is 4.81. The molecule has 150 valence electrons. The minimum atomic E-state index is -0.455. The summed E-state index contributed by atoms with van der Waals surface area (Å²) in [6.45, 7) is 4.48. The Bertz CT molecular complexity index is 1060. The summed E-state index contributed by atoms with van der Waals surface area (Å²) in [5.41, 5.74) is 2.77. The number of carbonyl (C=O) groups is 1. The first-order valence-electron chi connectivity index (χ1n) is 9.52. The second-order valence-corrected chi connectivity index (χ2v) is 6.57. The minimum absolute atomic E-state index is 0.0177. The van der Waals surface area contributed by atoms with E-state index in [1.165, 1.54) is 6.26 Å². The number of hydrogen-bond donors (Lipinski definition) is 1. The molecule has 0 bridgehead atoms. The number of allylic oxidation sites excluding steroid dienone is 1. The summed E-state index contributed by atoms with van der Waals surface area (Å²) in [4.78, 5) is 12.3. The van der Waals surface area contributed by atoms with Crippen molar-refractivity contribution in [3.05, 3.63) is 108 Å². The van der Waals surface area contributed by atoms with Crippen molar-refractivity contribution >= 4 is 12.0 Å². The highest BCUT2D eigenvalue weighted by molar-refractivity contribution is 6.01. The second-order valence-electron chi connectivity index (χ2n) is 6.57. The van der Waals surface area contributed by atoms with Gasteiger partial charge in [-0.1, -0.05) is 42.5 Å². The molecule has 1 amide bonds. The molecule has 0 saturated heterocycles. The van der Waals surface area contributed by atoms with E-state index in [1.807, 2.05) is 54.6 Å². The summed E-state index contributed by atoms with van der Waals surface area (Å²) < 4.78 is 11.2. The lowest BCUT2D eigenvalue weighted by atomic mass is 10.0. The van der Waals surface area contributed by atoms with Crippen molar-refractivity contribution in [2.75, 3.05) is 0 Å². The Morgan fingerprint density at radius 1 is 1.17 bits per heavy atom. The zero-order valence-corrected chi connectivity index (χ0v) is 16.5. The van der Waals surface area contributed by atoms with E-state index in [2.05, 4.69) is 11.9 Å².